The zero-order chi connectivity index (χ0) is 16.2. The summed E-state index contributed by atoms with van der Waals surface area (Å²) in [6.07, 6.45) is 0.972. The summed E-state index contributed by atoms with van der Waals surface area (Å²) in [5.74, 6) is 2.12. The maximum absolute atomic E-state index is 5.88. The second-order valence-electron chi connectivity index (χ2n) is 4.95. The average Bonchev–Trinajstić information content (AvgIpc) is 3.15. The Morgan fingerprint density at radius 2 is 2.09 bits per heavy atom. The maximum atomic E-state index is 5.88. The summed E-state index contributed by atoms with van der Waals surface area (Å²) in [6, 6.07) is 9.87. The number of nitrogens with one attached hydrogen (secondary N) is 1. The molecule has 3 rings (SSSR count). The van der Waals surface area contributed by atoms with Crippen molar-refractivity contribution in [3.05, 3.63) is 45.0 Å². The van der Waals surface area contributed by atoms with Crippen LogP contribution in [0.5, 0.6) is 0 Å². The monoisotopic (exact) mass is 439 g/mol. The first-order valence-corrected chi connectivity index (χ1v) is 8.80. The second kappa shape index (κ2) is 7.27. The number of hydrogen-bond donors (Lipinski definition) is 1. The zero-order valence-electron chi connectivity index (χ0n) is 12.5. The number of tetrazole rings is 1. The topological polar surface area (TPSA) is 68.8 Å². The summed E-state index contributed by atoms with van der Waals surface area (Å²) in [6.45, 7) is 3.34. The zero-order valence-corrected chi connectivity index (χ0v) is 15.6. The minimum absolute atomic E-state index is 0.501. The van der Waals surface area contributed by atoms with Crippen LogP contribution in [0.25, 0.3) is 11.3 Å². The van der Waals surface area contributed by atoms with Gasteiger partial charge in [0.1, 0.15) is 11.5 Å². The summed E-state index contributed by atoms with van der Waals surface area (Å²) in [4.78, 5) is 1.58. The number of aromatic nitrogens is 4. The molecule has 23 heavy (non-hydrogen) atoms. The molecule has 0 saturated heterocycles. The molecular weight excluding hydrogens is 426 g/mol. The van der Waals surface area contributed by atoms with Gasteiger partial charge in [0.05, 0.1) is 13.1 Å². The molecule has 0 aliphatic heterocycles. The lowest BCUT2D eigenvalue weighted by molar-refractivity contribution is 0.514. The molecule has 0 radical (unpaired) electrons. The Labute approximate surface area is 150 Å². The molecule has 0 aliphatic carbocycles. The van der Waals surface area contributed by atoms with Crippen LogP contribution in [0.3, 0.4) is 0 Å². The van der Waals surface area contributed by atoms with Gasteiger partial charge in [-0.05, 0) is 57.9 Å². The van der Waals surface area contributed by atoms with Crippen molar-refractivity contribution in [1.29, 1.82) is 0 Å². The lowest BCUT2D eigenvalue weighted by Gasteiger charge is -2.02. The number of rotatable bonds is 6. The largest absolute Gasteiger partial charge is 0.459 e. The Kier molecular flexibility index (Phi) is 5.12. The normalized spacial score (nSPS) is 10.9. The van der Waals surface area contributed by atoms with E-state index < -0.39 is 0 Å². The summed E-state index contributed by atoms with van der Waals surface area (Å²) in [7, 11) is 0. The van der Waals surface area contributed by atoms with Gasteiger partial charge in [0.25, 0.3) is 5.95 Å². The smallest absolute Gasteiger partial charge is 0.263 e. The number of hydrogen-bond acceptors (Lipinski definition) is 5. The van der Waals surface area contributed by atoms with Crippen molar-refractivity contribution >= 4 is 37.8 Å². The van der Waals surface area contributed by atoms with Crippen LogP contribution in [0.15, 0.2) is 43.7 Å². The van der Waals surface area contributed by atoms with Crippen LogP contribution in [0.1, 0.15) is 19.1 Å². The summed E-state index contributed by atoms with van der Waals surface area (Å²) in [5, 5.41) is 15.3. The molecule has 0 spiro atoms. The van der Waals surface area contributed by atoms with E-state index in [-0.39, 0.29) is 0 Å². The first-order chi connectivity index (χ1) is 11.2. The minimum atomic E-state index is 0.501. The van der Waals surface area contributed by atoms with Gasteiger partial charge in [-0.25, -0.2) is 0 Å². The molecule has 0 bridgehead atoms. The van der Waals surface area contributed by atoms with Gasteiger partial charge in [-0.1, -0.05) is 28.0 Å². The van der Waals surface area contributed by atoms with Crippen LogP contribution in [0.4, 0.5) is 5.95 Å². The van der Waals surface area contributed by atoms with Crippen LogP contribution in [-0.4, -0.2) is 20.2 Å². The fourth-order valence-corrected chi connectivity index (χ4v) is 3.32. The molecule has 3 aromatic rings. The van der Waals surface area contributed by atoms with E-state index in [0.29, 0.717) is 12.5 Å². The van der Waals surface area contributed by atoms with Gasteiger partial charge < -0.3 is 9.73 Å². The van der Waals surface area contributed by atoms with Gasteiger partial charge in [0.15, 0.2) is 0 Å². The van der Waals surface area contributed by atoms with Gasteiger partial charge in [0.2, 0.25) is 0 Å². The lowest BCUT2D eigenvalue weighted by atomic mass is 10.2. The van der Waals surface area contributed by atoms with Crippen LogP contribution < -0.4 is 5.32 Å². The lowest BCUT2D eigenvalue weighted by Crippen LogP contribution is -2.03. The molecule has 2 heterocycles. The van der Waals surface area contributed by atoms with Gasteiger partial charge in [0, 0.05) is 14.5 Å². The van der Waals surface area contributed by atoms with E-state index in [9.17, 15) is 0 Å². The molecule has 0 atom stereocenters. The van der Waals surface area contributed by atoms with Crippen molar-refractivity contribution in [2.24, 2.45) is 0 Å². The molecule has 0 unspecified atom stereocenters. The van der Waals surface area contributed by atoms with Crippen LogP contribution in [0.2, 0.25) is 0 Å². The number of aryl methyl sites for hydroxylation is 1. The van der Waals surface area contributed by atoms with Crippen LogP contribution in [0, 0.1) is 0 Å². The van der Waals surface area contributed by atoms with E-state index >= 15 is 0 Å². The molecule has 0 amide bonds. The molecule has 8 heteroatoms. The van der Waals surface area contributed by atoms with E-state index in [2.05, 4.69) is 59.5 Å². The third kappa shape index (κ3) is 4.00. The molecule has 2 aromatic heterocycles. The van der Waals surface area contributed by atoms with Crippen molar-refractivity contribution in [3.8, 4) is 11.3 Å². The highest BCUT2D eigenvalue weighted by Crippen LogP contribution is 2.32. The van der Waals surface area contributed by atoms with Gasteiger partial charge in [-0.2, -0.15) is 4.80 Å². The van der Waals surface area contributed by atoms with Gasteiger partial charge in [-0.15, -0.1) is 5.10 Å². The Balaban J connectivity index is 1.67. The van der Waals surface area contributed by atoms with E-state index in [1.807, 2.05) is 30.3 Å². The molecule has 0 saturated carbocycles. The molecular formula is C15H15Br2N5O. The fourth-order valence-electron chi connectivity index (χ4n) is 2.08. The fraction of sp³-hybridized carbons (Fsp3) is 0.267. The van der Waals surface area contributed by atoms with Crippen molar-refractivity contribution in [1.82, 2.24) is 20.2 Å². The standard InChI is InChI=1S/C15H15Br2N5O/c1-2-7-22-20-15(19-21-22)18-9-11-4-6-14(23-11)12-5-3-10(16)8-13(12)17/h3-6,8H,2,7,9H2,1H3,(H,18,20). The Hall–Kier alpha value is -1.67. The third-order valence-corrected chi connectivity index (χ3v) is 4.30. The Morgan fingerprint density at radius 3 is 2.87 bits per heavy atom. The number of anilines is 1. The Morgan fingerprint density at radius 1 is 1.22 bits per heavy atom. The van der Waals surface area contributed by atoms with Crippen molar-refractivity contribution in [2.45, 2.75) is 26.4 Å². The van der Waals surface area contributed by atoms with E-state index in [1.54, 1.807) is 4.80 Å². The Bertz CT molecular complexity index is 799. The summed E-state index contributed by atoms with van der Waals surface area (Å²) in [5.41, 5.74) is 1.01. The molecule has 0 fully saturated rings. The summed E-state index contributed by atoms with van der Waals surface area (Å²) >= 11 is 6.99. The molecule has 6 nitrogen and oxygen atoms in total. The minimum Gasteiger partial charge on any atom is -0.459 e. The predicted molar refractivity (Wildman–Crippen MR) is 95.0 cm³/mol. The molecule has 0 aliphatic rings. The SMILES string of the molecule is CCCn1nnc(NCc2ccc(-c3ccc(Br)cc3Br)o2)n1. The molecule has 120 valence electrons. The summed E-state index contributed by atoms with van der Waals surface area (Å²) < 4.78 is 7.87. The third-order valence-electron chi connectivity index (χ3n) is 3.16. The quantitative estimate of drug-likeness (QED) is 0.611. The highest BCUT2D eigenvalue weighted by molar-refractivity contribution is 9.11. The van der Waals surface area contributed by atoms with Crippen molar-refractivity contribution in [2.75, 3.05) is 5.32 Å². The second-order valence-corrected chi connectivity index (χ2v) is 6.72. The molecule has 1 aromatic carbocycles. The number of benzene rings is 1. The van der Waals surface area contributed by atoms with E-state index in [0.717, 1.165) is 39.0 Å². The van der Waals surface area contributed by atoms with Crippen LogP contribution >= 0.6 is 31.9 Å². The molecule has 1 N–H and O–H groups in total. The first-order valence-electron chi connectivity index (χ1n) is 7.21. The van der Waals surface area contributed by atoms with Gasteiger partial charge in [-0.3, -0.25) is 0 Å². The number of nitrogens with zero attached hydrogens (tertiary/aromatic N) is 4. The average molecular weight is 441 g/mol. The maximum Gasteiger partial charge on any atom is 0.263 e. The highest BCUT2D eigenvalue weighted by Gasteiger charge is 2.09. The highest BCUT2D eigenvalue weighted by atomic mass is 79.9. The van der Waals surface area contributed by atoms with Crippen molar-refractivity contribution in [3.63, 3.8) is 0 Å². The first kappa shape index (κ1) is 16.2. The number of furan rings is 1. The predicted octanol–water partition coefficient (Wildman–Crippen LogP) is 4.48. The van der Waals surface area contributed by atoms with Crippen molar-refractivity contribution < 1.29 is 4.42 Å². The van der Waals surface area contributed by atoms with E-state index in [4.69, 9.17) is 4.42 Å². The van der Waals surface area contributed by atoms with Crippen LogP contribution in [-0.2, 0) is 13.1 Å². The van der Waals surface area contributed by atoms with E-state index in [1.165, 1.54) is 0 Å². The number of halogens is 2. The van der Waals surface area contributed by atoms with Gasteiger partial charge >= 0.3 is 0 Å².